The molecule has 1 atom stereocenters. The summed E-state index contributed by atoms with van der Waals surface area (Å²) in [5.41, 5.74) is 1.14. The maximum absolute atomic E-state index is 5.60. The molecule has 130 valence electrons. The molecule has 24 heavy (non-hydrogen) atoms. The van der Waals surface area contributed by atoms with E-state index in [1.165, 1.54) is 17.7 Å². The number of hydrogen-bond acceptors (Lipinski definition) is 4. The molecule has 0 amide bonds. The standard InChI is InChI=1S/C17H24N4O2S/c1-12-18-20(17(24)21(12)14-6-7-14)11-19(2)10-13-5-8-15(22-3)9-16(13)23-4/h5,8-9,14H,6-7,10-11H2,1-4H3/p+1. The van der Waals surface area contributed by atoms with Crippen LogP contribution in [-0.2, 0) is 13.2 Å². The number of rotatable bonds is 7. The Balaban J connectivity index is 1.73. The topological polar surface area (TPSA) is 45.7 Å². The summed E-state index contributed by atoms with van der Waals surface area (Å²) in [5.74, 6) is 2.66. The molecule has 0 bridgehead atoms. The van der Waals surface area contributed by atoms with Crippen LogP contribution in [0.1, 0.15) is 30.3 Å². The van der Waals surface area contributed by atoms with E-state index in [1.807, 2.05) is 23.7 Å². The third-order valence-electron chi connectivity index (χ3n) is 4.36. The molecule has 1 aromatic heterocycles. The zero-order valence-corrected chi connectivity index (χ0v) is 15.5. The molecule has 0 radical (unpaired) electrons. The summed E-state index contributed by atoms with van der Waals surface area (Å²) in [6.07, 6.45) is 2.43. The summed E-state index contributed by atoms with van der Waals surface area (Å²) >= 11 is 5.60. The van der Waals surface area contributed by atoms with E-state index in [-0.39, 0.29) is 0 Å². The van der Waals surface area contributed by atoms with Gasteiger partial charge in [0.05, 0.1) is 21.3 Å². The van der Waals surface area contributed by atoms with Crippen molar-refractivity contribution in [2.24, 2.45) is 0 Å². The minimum atomic E-state index is 0.563. The average molecular weight is 349 g/mol. The zero-order chi connectivity index (χ0) is 17.3. The summed E-state index contributed by atoms with van der Waals surface area (Å²) < 4.78 is 15.7. The van der Waals surface area contributed by atoms with E-state index in [1.54, 1.807) is 14.2 Å². The fraction of sp³-hybridized carbons (Fsp3) is 0.529. The van der Waals surface area contributed by atoms with Gasteiger partial charge in [0.25, 0.3) is 0 Å². The van der Waals surface area contributed by atoms with Gasteiger partial charge in [-0.15, -0.1) is 0 Å². The number of nitrogens with one attached hydrogen (secondary N) is 1. The van der Waals surface area contributed by atoms with Crippen molar-refractivity contribution in [1.82, 2.24) is 14.3 Å². The lowest BCUT2D eigenvalue weighted by molar-refractivity contribution is -0.917. The number of nitrogens with zero attached hydrogens (tertiary/aromatic N) is 3. The fourth-order valence-electron chi connectivity index (χ4n) is 3.02. The lowest BCUT2D eigenvalue weighted by Crippen LogP contribution is -3.07. The Morgan fingerprint density at radius 3 is 2.67 bits per heavy atom. The maximum atomic E-state index is 5.60. The van der Waals surface area contributed by atoms with Crippen molar-refractivity contribution in [2.75, 3.05) is 21.3 Å². The second-order valence-electron chi connectivity index (χ2n) is 6.40. The molecule has 1 heterocycles. The minimum Gasteiger partial charge on any atom is -0.497 e. The van der Waals surface area contributed by atoms with Crippen LogP contribution in [0, 0.1) is 11.7 Å². The molecule has 1 aliphatic carbocycles. The Bertz CT molecular complexity index is 779. The van der Waals surface area contributed by atoms with Gasteiger partial charge < -0.3 is 18.9 Å². The highest BCUT2D eigenvalue weighted by Crippen LogP contribution is 2.35. The van der Waals surface area contributed by atoms with Crippen molar-refractivity contribution in [2.45, 2.75) is 39.0 Å². The second kappa shape index (κ2) is 6.94. The third-order valence-corrected chi connectivity index (χ3v) is 4.77. The van der Waals surface area contributed by atoms with E-state index in [2.05, 4.69) is 22.8 Å². The number of aryl methyl sites for hydroxylation is 1. The van der Waals surface area contributed by atoms with Crippen molar-refractivity contribution in [3.63, 3.8) is 0 Å². The predicted octanol–water partition coefficient (Wildman–Crippen LogP) is 1.75. The van der Waals surface area contributed by atoms with Gasteiger partial charge in [0.15, 0.2) is 6.67 Å². The van der Waals surface area contributed by atoms with Crippen LogP contribution < -0.4 is 14.4 Å². The number of ether oxygens (including phenoxy) is 2. The van der Waals surface area contributed by atoms with Crippen LogP contribution in [0.25, 0.3) is 0 Å². The van der Waals surface area contributed by atoms with Gasteiger partial charge in [-0.3, -0.25) is 0 Å². The van der Waals surface area contributed by atoms with Crippen molar-refractivity contribution in [1.29, 1.82) is 0 Å². The first kappa shape index (κ1) is 17.0. The lowest BCUT2D eigenvalue weighted by Gasteiger charge is -2.16. The monoisotopic (exact) mass is 349 g/mol. The van der Waals surface area contributed by atoms with Gasteiger partial charge in [0.2, 0.25) is 4.77 Å². The third kappa shape index (κ3) is 3.47. The summed E-state index contributed by atoms with van der Waals surface area (Å²) in [7, 11) is 5.48. The Morgan fingerprint density at radius 2 is 2.04 bits per heavy atom. The molecule has 0 spiro atoms. The molecule has 0 aliphatic heterocycles. The van der Waals surface area contributed by atoms with Crippen LogP contribution >= 0.6 is 12.2 Å². The minimum absolute atomic E-state index is 0.563. The van der Waals surface area contributed by atoms with E-state index in [0.717, 1.165) is 40.9 Å². The normalized spacial score (nSPS) is 15.3. The summed E-state index contributed by atoms with van der Waals surface area (Å²) in [4.78, 5) is 1.29. The summed E-state index contributed by atoms with van der Waals surface area (Å²) in [5, 5.41) is 4.63. The molecule has 7 heteroatoms. The molecule has 1 unspecified atom stereocenters. The molecule has 3 rings (SSSR count). The van der Waals surface area contributed by atoms with E-state index in [0.29, 0.717) is 6.04 Å². The first-order chi connectivity index (χ1) is 11.5. The number of methoxy groups -OCH3 is 2. The van der Waals surface area contributed by atoms with Crippen LogP contribution in [0.4, 0.5) is 0 Å². The van der Waals surface area contributed by atoms with Crippen LogP contribution in [0.5, 0.6) is 11.5 Å². The highest BCUT2D eigenvalue weighted by molar-refractivity contribution is 7.71. The van der Waals surface area contributed by atoms with Crippen LogP contribution in [0.2, 0.25) is 0 Å². The van der Waals surface area contributed by atoms with Crippen LogP contribution in [0.3, 0.4) is 0 Å². The molecule has 1 N–H and O–H groups in total. The predicted molar refractivity (Wildman–Crippen MR) is 94.2 cm³/mol. The zero-order valence-electron chi connectivity index (χ0n) is 14.7. The lowest BCUT2D eigenvalue weighted by atomic mass is 10.2. The van der Waals surface area contributed by atoms with E-state index in [9.17, 15) is 0 Å². The number of aromatic nitrogens is 3. The number of hydrogen-bond donors (Lipinski definition) is 1. The summed E-state index contributed by atoms with van der Waals surface area (Å²) in [6, 6.07) is 6.49. The maximum Gasteiger partial charge on any atom is 0.203 e. The highest BCUT2D eigenvalue weighted by Gasteiger charge is 2.27. The van der Waals surface area contributed by atoms with E-state index >= 15 is 0 Å². The molecule has 1 aliphatic rings. The van der Waals surface area contributed by atoms with Crippen LogP contribution in [-0.4, -0.2) is 35.6 Å². The molecule has 1 aromatic carbocycles. The Kier molecular flexibility index (Phi) is 4.91. The largest absolute Gasteiger partial charge is 0.497 e. The smallest absolute Gasteiger partial charge is 0.203 e. The van der Waals surface area contributed by atoms with Crippen molar-refractivity contribution < 1.29 is 14.4 Å². The molecule has 1 fully saturated rings. The first-order valence-corrected chi connectivity index (χ1v) is 8.62. The number of benzene rings is 1. The van der Waals surface area contributed by atoms with Gasteiger partial charge in [-0.1, -0.05) is 0 Å². The highest BCUT2D eigenvalue weighted by atomic mass is 32.1. The fourth-order valence-corrected chi connectivity index (χ4v) is 3.41. The molecule has 0 saturated heterocycles. The van der Waals surface area contributed by atoms with Gasteiger partial charge in [-0.25, -0.2) is 0 Å². The van der Waals surface area contributed by atoms with Crippen molar-refractivity contribution in [3.05, 3.63) is 34.4 Å². The Hall–Kier alpha value is -1.86. The van der Waals surface area contributed by atoms with Gasteiger partial charge >= 0.3 is 0 Å². The quantitative estimate of drug-likeness (QED) is 0.774. The van der Waals surface area contributed by atoms with Gasteiger partial charge in [-0.05, 0) is 44.1 Å². The van der Waals surface area contributed by atoms with Gasteiger partial charge in [0, 0.05) is 17.7 Å². The van der Waals surface area contributed by atoms with Crippen molar-refractivity contribution in [3.8, 4) is 11.5 Å². The molecular weight excluding hydrogens is 324 g/mol. The molecule has 1 saturated carbocycles. The van der Waals surface area contributed by atoms with Crippen LogP contribution in [0.15, 0.2) is 18.2 Å². The molecular formula is C17H25N4O2S+. The van der Waals surface area contributed by atoms with Crippen molar-refractivity contribution >= 4 is 12.2 Å². The molecule has 6 nitrogen and oxygen atoms in total. The van der Waals surface area contributed by atoms with Gasteiger partial charge in [0.1, 0.15) is 23.9 Å². The molecule has 2 aromatic rings. The van der Waals surface area contributed by atoms with E-state index < -0.39 is 0 Å². The second-order valence-corrected chi connectivity index (χ2v) is 6.77. The SMILES string of the molecule is COc1ccc(C[NH+](C)Cn2nc(C)n(C3CC3)c2=S)c(OC)c1. The van der Waals surface area contributed by atoms with E-state index in [4.69, 9.17) is 21.7 Å². The average Bonchev–Trinajstić information content (AvgIpc) is 3.35. The first-order valence-electron chi connectivity index (χ1n) is 8.21. The Labute approximate surface area is 147 Å². The summed E-state index contributed by atoms with van der Waals surface area (Å²) in [6.45, 7) is 3.59. The van der Waals surface area contributed by atoms with Gasteiger partial charge in [-0.2, -0.15) is 9.78 Å². The Morgan fingerprint density at radius 1 is 1.29 bits per heavy atom. The number of quaternary nitrogens is 1.